The Morgan fingerprint density at radius 1 is 0.964 bits per heavy atom. The second-order valence-electron chi connectivity index (χ2n) is 6.18. The van der Waals surface area contributed by atoms with Crippen LogP contribution in [0.4, 0.5) is 5.69 Å². The lowest BCUT2D eigenvalue weighted by Crippen LogP contribution is -2.14. The third kappa shape index (κ3) is 3.82. The van der Waals surface area contributed by atoms with Gasteiger partial charge in [-0.05, 0) is 48.0 Å². The van der Waals surface area contributed by atoms with E-state index in [2.05, 4.69) is 4.72 Å². The largest absolute Gasteiger partial charge is 0.308 e. The summed E-state index contributed by atoms with van der Waals surface area (Å²) in [6.45, 7) is 0.439. The molecular weight excluding hydrogens is 416 g/mol. The van der Waals surface area contributed by atoms with Crippen molar-refractivity contribution >= 4 is 48.9 Å². The zero-order chi connectivity index (χ0) is 19.7. The van der Waals surface area contributed by atoms with Crippen molar-refractivity contribution in [3.05, 3.63) is 93.0 Å². The van der Waals surface area contributed by atoms with Crippen LogP contribution in [-0.2, 0) is 16.6 Å². The van der Waals surface area contributed by atoms with Crippen molar-refractivity contribution in [1.29, 1.82) is 0 Å². The summed E-state index contributed by atoms with van der Waals surface area (Å²) in [5.41, 5.74) is 2.13. The van der Waals surface area contributed by atoms with Crippen molar-refractivity contribution < 1.29 is 8.42 Å². The topological polar surface area (TPSA) is 68.2 Å². The summed E-state index contributed by atoms with van der Waals surface area (Å²) in [6.07, 6.45) is 0. The molecule has 8 heteroatoms. The quantitative estimate of drug-likeness (QED) is 0.504. The number of thiazole rings is 1. The molecule has 0 fully saturated rings. The Kier molecular flexibility index (Phi) is 4.97. The SMILES string of the molecule is O=c1sc2cc(S(=O)(=O)Nc3ccc(Cl)cc3)ccc2n1Cc1ccccc1. The predicted octanol–water partition coefficient (Wildman–Crippen LogP) is 4.57. The van der Waals surface area contributed by atoms with Crippen LogP contribution in [0.3, 0.4) is 0 Å². The first-order chi connectivity index (χ1) is 13.4. The van der Waals surface area contributed by atoms with Gasteiger partial charge in [0.05, 0.1) is 21.7 Å². The zero-order valence-corrected chi connectivity index (χ0v) is 16.9. The van der Waals surface area contributed by atoms with E-state index in [9.17, 15) is 13.2 Å². The standard InChI is InChI=1S/C20H15ClN2O3S2/c21-15-6-8-16(9-7-15)22-28(25,26)17-10-11-18-19(12-17)27-20(24)23(18)13-14-4-2-1-3-5-14/h1-12,22H,13H2. The molecule has 5 nitrogen and oxygen atoms in total. The third-order valence-corrected chi connectivity index (χ3v) is 6.80. The molecular formula is C20H15ClN2O3S2. The summed E-state index contributed by atoms with van der Waals surface area (Å²) in [5.74, 6) is 0. The van der Waals surface area contributed by atoms with E-state index in [1.54, 1.807) is 34.9 Å². The average Bonchev–Trinajstić information content (AvgIpc) is 2.99. The van der Waals surface area contributed by atoms with Gasteiger partial charge in [0.1, 0.15) is 0 Å². The zero-order valence-electron chi connectivity index (χ0n) is 14.5. The minimum atomic E-state index is -3.78. The van der Waals surface area contributed by atoms with Gasteiger partial charge in [0.15, 0.2) is 0 Å². The molecule has 0 aliphatic carbocycles. The second-order valence-corrected chi connectivity index (χ2v) is 9.29. The molecule has 0 saturated carbocycles. The molecule has 0 bridgehead atoms. The number of sulfonamides is 1. The van der Waals surface area contributed by atoms with Crippen LogP contribution in [0.25, 0.3) is 10.2 Å². The minimum Gasteiger partial charge on any atom is -0.294 e. The molecule has 0 aliphatic heterocycles. The maximum Gasteiger partial charge on any atom is 0.308 e. The molecule has 0 unspecified atom stereocenters. The minimum absolute atomic E-state index is 0.100. The Hall–Kier alpha value is -2.61. The number of rotatable bonds is 5. The highest BCUT2D eigenvalue weighted by Gasteiger charge is 2.17. The van der Waals surface area contributed by atoms with Gasteiger partial charge in [0, 0.05) is 10.7 Å². The fourth-order valence-electron chi connectivity index (χ4n) is 2.86. The van der Waals surface area contributed by atoms with E-state index in [4.69, 9.17) is 11.6 Å². The number of aromatic nitrogens is 1. The van der Waals surface area contributed by atoms with Crippen LogP contribution >= 0.6 is 22.9 Å². The van der Waals surface area contributed by atoms with Crippen LogP contribution in [0.5, 0.6) is 0 Å². The Balaban J connectivity index is 1.68. The van der Waals surface area contributed by atoms with Crippen LogP contribution in [-0.4, -0.2) is 13.0 Å². The second kappa shape index (κ2) is 7.43. The maximum absolute atomic E-state index is 12.7. The molecule has 4 aromatic rings. The predicted molar refractivity (Wildman–Crippen MR) is 114 cm³/mol. The van der Waals surface area contributed by atoms with Crippen molar-refractivity contribution in [3.63, 3.8) is 0 Å². The molecule has 0 amide bonds. The molecule has 3 aromatic carbocycles. The number of fused-ring (bicyclic) bond motifs is 1. The number of hydrogen-bond donors (Lipinski definition) is 1. The Morgan fingerprint density at radius 2 is 1.68 bits per heavy atom. The third-order valence-electron chi connectivity index (χ3n) is 4.23. The van der Waals surface area contributed by atoms with Crippen molar-refractivity contribution in [2.24, 2.45) is 0 Å². The van der Waals surface area contributed by atoms with Crippen LogP contribution in [0.2, 0.25) is 5.02 Å². The van der Waals surface area contributed by atoms with Crippen LogP contribution in [0.15, 0.2) is 82.5 Å². The van der Waals surface area contributed by atoms with Gasteiger partial charge < -0.3 is 0 Å². The summed E-state index contributed by atoms with van der Waals surface area (Å²) >= 11 is 6.87. The lowest BCUT2D eigenvalue weighted by molar-refractivity contribution is 0.601. The number of halogens is 1. The van der Waals surface area contributed by atoms with Gasteiger partial charge in [-0.2, -0.15) is 0 Å². The van der Waals surface area contributed by atoms with Gasteiger partial charge in [-0.25, -0.2) is 8.42 Å². The van der Waals surface area contributed by atoms with E-state index in [1.807, 2.05) is 30.3 Å². The highest BCUT2D eigenvalue weighted by Crippen LogP contribution is 2.24. The van der Waals surface area contributed by atoms with Gasteiger partial charge in [0.25, 0.3) is 10.0 Å². The lowest BCUT2D eigenvalue weighted by Gasteiger charge is -2.09. The summed E-state index contributed by atoms with van der Waals surface area (Å²) < 4.78 is 30.2. The van der Waals surface area contributed by atoms with Crippen molar-refractivity contribution in [3.8, 4) is 0 Å². The first kappa shape index (κ1) is 18.7. The van der Waals surface area contributed by atoms with Gasteiger partial charge in [-0.3, -0.25) is 14.1 Å². The van der Waals surface area contributed by atoms with E-state index in [1.165, 1.54) is 12.1 Å². The smallest absolute Gasteiger partial charge is 0.294 e. The van der Waals surface area contributed by atoms with E-state index in [0.29, 0.717) is 27.5 Å². The highest BCUT2D eigenvalue weighted by molar-refractivity contribution is 7.92. The highest BCUT2D eigenvalue weighted by atomic mass is 35.5. The molecule has 0 atom stereocenters. The van der Waals surface area contributed by atoms with Gasteiger partial charge in [-0.15, -0.1) is 0 Å². The van der Waals surface area contributed by atoms with Crippen LogP contribution in [0.1, 0.15) is 5.56 Å². The van der Waals surface area contributed by atoms with Gasteiger partial charge >= 0.3 is 4.87 Å². The number of nitrogens with zero attached hydrogens (tertiary/aromatic N) is 1. The molecule has 1 N–H and O–H groups in total. The molecule has 142 valence electrons. The van der Waals surface area contributed by atoms with E-state index in [0.717, 1.165) is 16.9 Å². The van der Waals surface area contributed by atoms with E-state index in [-0.39, 0.29) is 9.77 Å². The molecule has 1 heterocycles. The molecule has 1 aromatic heterocycles. The fourth-order valence-corrected chi connectivity index (χ4v) is 5.08. The number of anilines is 1. The van der Waals surface area contributed by atoms with Gasteiger partial charge in [0.2, 0.25) is 0 Å². The molecule has 0 aliphatic rings. The normalized spacial score (nSPS) is 11.6. The van der Waals surface area contributed by atoms with E-state index < -0.39 is 10.0 Å². The van der Waals surface area contributed by atoms with Crippen molar-refractivity contribution in [2.45, 2.75) is 11.4 Å². The average molecular weight is 431 g/mol. The number of nitrogens with one attached hydrogen (secondary N) is 1. The molecule has 28 heavy (non-hydrogen) atoms. The van der Waals surface area contributed by atoms with Crippen LogP contribution in [0, 0.1) is 0 Å². The van der Waals surface area contributed by atoms with Crippen LogP contribution < -0.4 is 9.60 Å². The Labute approximate surface area is 170 Å². The molecule has 0 radical (unpaired) electrons. The lowest BCUT2D eigenvalue weighted by atomic mass is 10.2. The number of benzene rings is 3. The molecule has 4 rings (SSSR count). The molecule has 0 spiro atoms. The van der Waals surface area contributed by atoms with Crippen molar-refractivity contribution in [1.82, 2.24) is 4.57 Å². The summed E-state index contributed by atoms with van der Waals surface area (Å²) in [4.78, 5) is 12.4. The summed E-state index contributed by atoms with van der Waals surface area (Å²) in [6, 6.07) is 20.8. The summed E-state index contributed by atoms with van der Waals surface area (Å²) in [5, 5.41) is 0.522. The summed E-state index contributed by atoms with van der Waals surface area (Å²) in [7, 11) is -3.78. The Morgan fingerprint density at radius 3 is 2.39 bits per heavy atom. The monoisotopic (exact) mass is 430 g/mol. The maximum atomic E-state index is 12.7. The number of hydrogen-bond acceptors (Lipinski definition) is 4. The van der Waals surface area contributed by atoms with Crippen molar-refractivity contribution in [2.75, 3.05) is 4.72 Å². The first-order valence-electron chi connectivity index (χ1n) is 8.38. The fraction of sp³-hybridized carbons (Fsp3) is 0.0500. The van der Waals surface area contributed by atoms with E-state index >= 15 is 0 Å². The van der Waals surface area contributed by atoms with Gasteiger partial charge in [-0.1, -0.05) is 53.3 Å². The molecule has 0 saturated heterocycles. The first-order valence-corrected chi connectivity index (χ1v) is 11.1. The Bertz CT molecular complexity index is 1300.